The van der Waals surface area contributed by atoms with E-state index in [1.54, 1.807) is 6.33 Å². The SMILES string of the molecule is O=C(O)C(F)(F)F.c1nc(N2C[C@H]3CC[C@@H](C2)N3)c2cc[nH]c2n1. The average molecular weight is 343 g/mol. The van der Waals surface area contributed by atoms with Crippen molar-refractivity contribution in [2.75, 3.05) is 18.0 Å². The third-order valence-electron chi connectivity index (χ3n) is 4.09. The van der Waals surface area contributed by atoms with E-state index >= 15 is 0 Å². The molecule has 10 heteroatoms. The number of hydrogen-bond acceptors (Lipinski definition) is 5. The van der Waals surface area contributed by atoms with E-state index in [2.05, 4.69) is 31.2 Å². The highest BCUT2D eigenvalue weighted by atomic mass is 19.4. The van der Waals surface area contributed by atoms with Gasteiger partial charge in [0.2, 0.25) is 0 Å². The molecule has 2 saturated heterocycles. The molecule has 4 heterocycles. The van der Waals surface area contributed by atoms with Gasteiger partial charge in [-0.2, -0.15) is 13.2 Å². The Labute approximate surface area is 134 Å². The lowest BCUT2D eigenvalue weighted by molar-refractivity contribution is -0.192. The number of rotatable bonds is 1. The lowest BCUT2D eigenvalue weighted by Gasteiger charge is -2.33. The molecule has 2 aromatic heterocycles. The predicted molar refractivity (Wildman–Crippen MR) is 79.7 cm³/mol. The molecular formula is C14H16F3N5O2. The van der Waals surface area contributed by atoms with Gasteiger partial charge in [-0.3, -0.25) is 0 Å². The Morgan fingerprint density at radius 1 is 1.25 bits per heavy atom. The fraction of sp³-hybridized carbons (Fsp3) is 0.500. The normalized spacial score (nSPS) is 23.0. The predicted octanol–water partition coefficient (Wildman–Crippen LogP) is 1.53. The molecule has 0 aromatic carbocycles. The fourth-order valence-electron chi connectivity index (χ4n) is 3.08. The number of aromatic nitrogens is 3. The number of halogens is 3. The van der Waals surface area contributed by atoms with Gasteiger partial charge in [0.05, 0.1) is 5.39 Å². The van der Waals surface area contributed by atoms with Gasteiger partial charge < -0.3 is 20.3 Å². The molecule has 3 N–H and O–H groups in total. The van der Waals surface area contributed by atoms with Crippen LogP contribution in [0.5, 0.6) is 0 Å². The Balaban J connectivity index is 0.000000209. The number of fused-ring (bicyclic) bond motifs is 3. The van der Waals surface area contributed by atoms with E-state index < -0.39 is 12.1 Å². The molecule has 0 unspecified atom stereocenters. The number of anilines is 1. The van der Waals surface area contributed by atoms with Crippen LogP contribution in [0, 0.1) is 0 Å². The molecule has 2 aliphatic heterocycles. The fourth-order valence-corrected chi connectivity index (χ4v) is 3.08. The van der Waals surface area contributed by atoms with Crippen molar-refractivity contribution in [2.24, 2.45) is 0 Å². The first kappa shape index (κ1) is 16.5. The number of piperazine rings is 1. The molecule has 2 bridgehead atoms. The molecule has 0 saturated carbocycles. The van der Waals surface area contributed by atoms with Crippen LogP contribution in [0.2, 0.25) is 0 Å². The van der Waals surface area contributed by atoms with Crippen molar-refractivity contribution >= 4 is 22.8 Å². The minimum atomic E-state index is -5.08. The zero-order valence-electron chi connectivity index (χ0n) is 12.5. The van der Waals surface area contributed by atoms with Crippen LogP contribution in [0.15, 0.2) is 18.6 Å². The summed E-state index contributed by atoms with van der Waals surface area (Å²) in [5, 5.41) is 11.9. The van der Waals surface area contributed by atoms with Gasteiger partial charge in [-0.1, -0.05) is 0 Å². The Morgan fingerprint density at radius 3 is 2.46 bits per heavy atom. The smallest absolute Gasteiger partial charge is 0.475 e. The van der Waals surface area contributed by atoms with Crippen LogP contribution in [-0.4, -0.2) is 57.4 Å². The molecule has 2 atom stereocenters. The minimum Gasteiger partial charge on any atom is -0.475 e. The summed E-state index contributed by atoms with van der Waals surface area (Å²) >= 11 is 0. The van der Waals surface area contributed by atoms with Crippen LogP contribution in [0.4, 0.5) is 19.0 Å². The number of carboxylic acids is 1. The number of carboxylic acid groups (broad SMARTS) is 1. The number of hydrogen-bond donors (Lipinski definition) is 3. The van der Waals surface area contributed by atoms with Gasteiger partial charge in [-0.15, -0.1) is 0 Å². The van der Waals surface area contributed by atoms with Crippen molar-refractivity contribution in [3.8, 4) is 0 Å². The van der Waals surface area contributed by atoms with Crippen molar-refractivity contribution < 1.29 is 23.1 Å². The van der Waals surface area contributed by atoms with Gasteiger partial charge >= 0.3 is 12.1 Å². The first-order valence-electron chi connectivity index (χ1n) is 7.44. The molecule has 7 nitrogen and oxygen atoms in total. The van der Waals surface area contributed by atoms with E-state index in [1.165, 1.54) is 12.8 Å². The number of carbonyl (C=O) groups is 1. The molecule has 24 heavy (non-hydrogen) atoms. The molecule has 4 rings (SSSR count). The number of nitrogens with one attached hydrogen (secondary N) is 2. The van der Waals surface area contributed by atoms with E-state index in [9.17, 15) is 13.2 Å². The summed E-state index contributed by atoms with van der Waals surface area (Å²) in [5.41, 5.74) is 0.931. The number of aromatic amines is 1. The molecule has 0 radical (unpaired) electrons. The van der Waals surface area contributed by atoms with E-state index in [-0.39, 0.29) is 0 Å². The highest BCUT2D eigenvalue weighted by Gasteiger charge is 2.38. The summed E-state index contributed by atoms with van der Waals surface area (Å²) in [7, 11) is 0. The third-order valence-corrected chi connectivity index (χ3v) is 4.09. The second kappa shape index (κ2) is 6.27. The Bertz CT molecular complexity index is 721. The van der Waals surface area contributed by atoms with E-state index in [4.69, 9.17) is 9.90 Å². The molecule has 2 aliphatic rings. The Morgan fingerprint density at radius 2 is 1.88 bits per heavy atom. The summed E-state index contributed by atoms with van der Waals surface area (Å²) in [5.74, 6) is -1.68. The van der Waals surface area contributed by atoms with Crippen LogP contribution >= 0.6 is 0 Å². The van der Waals surface area contributed by atoms with Gasteiger partial charge in [0.15, 0.2) is 0 Å². The number of H-pyrrole nitrogens is 1. The van der Waals surface area contributed by atoms with E-state index in [1.807, 2.05) is 6.20 Å². The van der Waals surface area contributed by atoms with Gasteiger partial charge in [0.25, 0.3) is 0 Å². The van der Waals surface area contributed by atoms with Gasteiger partial charge in [-0.25, -0.2) is 14.8 Å². The monoisotopic (exact) mass is 343 g/mol. The molecule has 2 aromatic rings. The maximum Gasteiger partial charge on any atom is 0.490 e. The van der Waals surface area contributed by atoms with Gasteiger partial charge in [0, 0.05) is 31.4 Å². The van der Waals surface area contributed by atoms with Crippen LogP contribution in [0.25, 0.3) is 11.0 Å². The summed E-state index contributed by atoms with van der Waals surface area (Å²) in [4.78, 5) is 23.1. The molecular weight excluding hydrogens is 327 g/mol. The van der Waals surface area contributed by atoms with Crippen molar-refractivity contribution in [1.29, 1.82) is 0 Å². The minimum absolute atomic E-state index is 0.637. The molecule has 0 spiro atoms. The van der Waals surface area contributed by atoms with Crippen molar-refractivity contribution in [1.82, 2.24) is 20.3 Å². The van der Waals surface area contributed by atoms with Crippen LogP contribution in [0.1, 0.15) is 12.8 Å². The van der Waals surface area contributed by atoms with E-state index in [0.29, 0.717) is 12.1 Å². The zero-order valence-corrected chi connectivity index (χ0v) is 12.5. The average Bonchev–Trinajstić information content (AvgIpc) is 3.12. The van der Waals surface area contributed by atoms with Crippen molar-refractivity contribution in [2.45, 2.75) is 31.1 Å². The summed E-state index contributed by atoms with van der Waals surface area (Å²) in [6.45, 7) is 2.13. The summed E-state index contributed by atoms with van der Waals surface area (Å²) in [6, 6.07) is 3.34. The first-order valence-corrected chi connectivity index (χ1v) is 7.44. The van der Waals surface area contributed by atoms with Gasteiger partial charge in [-0.05, 0) is 18.9 Å². The standard InChI is InChI=1S/C12H15N5.C2HF3O2/c1-2-9-6-17(5-8(1)16-9)12-10-3-4-13-11(10)14-7-15-12;3-2(4,5)1(6)7/h3-4,7-9,16H,1-2,5-6H2,(H,13,14,15);(H,6,7)/t8-,9+;. The Hall–Kier alpha value is -2.36. The van der Waals surface area contributed by atoms with Crippen LogP contribution in [-0.2, 0) is 4.79 Å². The quantitative estimate of drug-likeness (QED) is 0.727. The van der Waals surface area contributed by atoms with Gasteiger partial charge in [0.1, 0.15) is 17.8 Å². The second-order valence-electron chi connectivity index (χ2n) is 5.78. The molecule has 130 valence electrons. The Kier molecular flexibility index (Phi) is 4.31. The molecule has 0 aliphatic carbocycles. The topological polar surface area (TPSA) is 94.1 Å². The van der Waals surface area contributed by atoms with Crippen molar-refractivity contribution in [3.63, 3.8) is 0 Å². The zero-order chi connectivity index (χ0) is 17.3. The lowest BCUT2D eigenvalue weighted by Crippen LogP contribution is -2.51. The second-order valence-corrected chi connectivity index (χ2v) is 5.78. The third kappa shape index (κ3) is 3.42. The first-order chi connectivity index (χ1) is 11.3. The van der Waals surface area contributed by atoms with Crippen LogP contribution in [0.3, 0.4) is 0 Å². The summed E-state index contributed by atoms with van der Waals surface area (Å²) in [6.07, 6.45) is 1.09. The highest BCUT2D eigenvalue weighted by Crippen LogP contribution is 2.27. The van der Waals surface area contributed by atoms with E-state index in [0.717, 1.165) is 29.9 Å². The number of aliphatic carboxylic acids is 1. The summed E-state index contributed by atoms with van der Waals surface area (Å²) < 4.78 is 31.7. The molecule has 0 amide bonds. The maximum atomic E-state index is 10.6. The lowest BCUT2D eigenvalue weighted by atomic mass is 10.2. The number of nitrogens with zero attached hydrogens (tertiary/aromatic N) is 3. The van der Waals surface area contributed by atoms with Crippen LogP contribution < -0.4 is 10.2 Å². The van der Waals surface area contributed by atoms with Crippen molar-refractivity contribution in [3.05, 3.63) is 18.6 Å². The number of alkyl halides is 3. The largest absolute Gasteiger partial charge is 0.490 e. The molecule has 2 fully saturated rings. The highest BCUT2D eigenvalue weighted by molar-refractivity contribution is 5.87. The maximum absolute atomic E-state index is 10.6.